The van der Waals surface area contributed by atoms with Gasteiger partial charge < -0.3 is 19.0 Å². The number of allylic oxidation sites excluding steroid dienone is 2. The summed E-state index contributed by atoms with van der Waals surface area (Å²) < 4.78 is 16.9. The number of fused-ring (bicyclic) bond motifs is 5. The van der Waals surface area contributed by atoms with E-state index < -0.39 is 40.1 Å². The van der Waals surface area contributed by atoms with Gasteiger partial charge in [0.25, 0.3) is 5.79 Å². The Morgan fingerprint density at radius 1 is 1.14 bits per heavy atom. The van der Waals surface area contributed by atoms with Crippen molar-refractivity contribution in [3.8, 4) is 0 Å². The highest BCUT2D eigenvalue weighted by molar-refractivity contribution is 5.96. The maximum Gasteiger partial charge on any atom is 0.333 e. The van der Waals surface area contributed by atoms with Crippen LogP contribution in [0.2, 0.25) is 0 Å². The van der Waals surface area contributed by atoms with Crippen LogP contribution in [0.3, 0.4) is 0 Å². The van der Waals surface area contributed by atoms with Gasteiger partial charge in [-0.25, -0.2) is 4.79 Å². The minimum absolute atomic E-state index is 0.0412. The topological polar surface area (TPSA) is 103 Å². The second-order valence-electron chi connectivity index (χ2n) is 12.0. The maximum atomic E-state index is 13.0. The summed E-state index contributed by atoms with van der Waals surface area (Å²) in [7, 11) is 0. The van der Waals surface area contributed by atoms with E-state index in [0.717, 1.165) is 5.57 Å². The lowest BCUT2D eigenvalue weighted by atomic mass is 9.37. The molecule has 188 valence electrons. The summed E-state index contributed by atoms with van der Waals surface area (Å²) in [6.07, 6.45) is 9.17. The van der Waals surface area contributed by atoms with Gasteiger partial charge in [-0.2, -0.15) is 0 Å². The Kier molecular flexibility index (Phi) is 4.94. The van der Waals surface area contributed by atoms with Crippen molar-refractivity contribution in [2.75, 3.05) is 0 Å². The Bertz CT molecular complexity index is 1160. The van der Waals surface area contributed by atoms with Crippen LogP contribution in [-0.2, 0) is 29.6 Å². The number of carbonyl (C=O) groups is 3. The van der Waals surface area contributed by atoms with E-state index in [4.69, 9.17) is 13.9 Å². The average Bonchev–Trinajstić information content (AvgIpc) is 3.30. The zero-order chi connectivity index (χ0) is 25.6. The molecule has 7 nitrogen and oxygen atoms in total. The molecule has 35 heavy (non-hydrogen) atoms. The van der Waals surface area contributed by atoms with Crippen molar-refractivity contribution in [1.29, 1.82) is 0 Å². The number of furan rings is 1. The largest absolute Gasteiger partial charge is 0.472 e. The first kappa shape index (κ1) is 24.0. The highest BCUT2D eigenvalue weighted by atomic mass is 16.7. The van der Waals surface area contributed by atoms with Crippen LogP contribution in [0, 0.1) is 33.5 Å². The number of hydrogen-bond acceptors (Lipinski definition) is 7. The monoisotopic (exact) mass is 482 g/mol. The average molecular weight is 483 g/mol. The number of esters is 2. The predicted octanol–water partition coefficient (Wildman–Crippen LogP) is 4.45. The molecule has 0 aromatic carbocycles. The second kappa shape index (κ2) is 7.19. The van der Waals surface area contributed by atoms with Crippen molar-refractivity contribution in [1.82, 2.24) is 0 Å². The van der Waals surface area contributed by atoms with E-state index in [1.807, 2.05) is 33.8 Å². The molecule has 0 radical (unpaired) electrons. The van der Waals surface area contributed by atoms with Crippen molar-refractivity contribution in [3.05, 3.63) is 48.0 Å². The van der Waals surface area contributed by atoms with Gasteiger partial charge >= 0.3 is 11.9 Å². The minimum Gasteiger partial charge on any atom is -0.472 e. The zero-order valence-electron chi connectivity index (χ0n) is 21.2. The fourth-order valence-corrected chi connectivity index (χ4v) is 8.18. The molecule has 0 amide bonds. The van der Waals surface area contributed by atoms with Crippen molar-refractivity contribution >= 4 is 17.7 Å². The Morgan fingerprint density at radius 2 is 1.86 bits per heavy atom. The first-order chi connectivity index (χ1) is 16.2. The predicted molar refractivity (Wildman–Crippen MR) is 125 cm³/mol. The van der Waals surface area contributed by atoms with Gasteiger partial charge in [-0.15, -0.1) is 0 Å². The number of ketones is 1. The molecule has 1 N–H and O–H groups in total. The molecule has 1 aromatic heterocycles. The molecule has 4 aliphatic rings. The molecule has 3 aliphatic carbocycles. The second-order valence-corrected chi connectivity index (χ2v) is 12.0. The molecule has 0 unspecified atom stereocenters. The lowest BCUT2D eigenvalue weighted by Gasteiger charge is -2.67. The van der Waals surface area contributed by atoms with Crippen LogP contribution in [0.5, 0.6) is 0 Å². The summed E-state index contributed by atoms with van der Waals surface area (Å²) in [5.74, 6) is -3.01. The maximum absolute atomic E-state index is 13.0. The van der Waals surface area contributed by atoms with Crippen LogP contribution in [0.25, 0.3) is 0 Å². The van der Waals surface area contributed by atoms with Gasteiger partial charge in [0.2, 0.25) is 0 Å². The number of rotatable bonds is 2. The van der Waals surface area contributed by atoms with Crippen LogP contribution >= 0.6 is 0 Å². The van der Waals surface area contributed by atoms with Crippen LogP contribution < -0.4 is 0 Å². The molecule has 0 bridgehead atoms. The lowest BCUT2D eigenvalue weighted by molar-refractivity contribution is -0.280. The molecule has 1 aliphatic heterocycles. The summed E-state index contributed by atoms with van der Waals surface area (Å²) >= 11 is 0. The summed E-state index contributed by atoms with van der Waals surface area (Å²) in [6, 6.07) is 1.61. The summed E-state index contributed by atoms with van der Waals surface area (Å²) in [5, 5.41) is 11.9. The molecule has 2 heterocycles. The highest BCUT2D eigenvalue weighted by Crippen LogP contribution is 2.72. The molecular formula is C28H34O7. The SMILES string of the molecule is CC(=O)O[C@@H]1C[C@H]2C(C)(C)C(=O)C=C[C@]2(C)[C@H]2CC[C@@]3(C)C(=CC(=O)O[C@@]3(O)c3ccoc3)[C@@]21C. The first-order valence-corrected chi connectivity index (χ1v) is 12.3. The van der Waals surface area contributed by atoms with Crippen LogP contribution in [0.15, 0.2) is 46.8 Å². The molecule has 0 saturated heterocycles. The molecule has 7 atom stereocenters. The smallest absolute Gasteiger partial charge is 0.333 e. The summed E-state index contributed by atoms with van der Waals surface area (Å²) in [6.45, 7) is 11.5. The lowest BCUT2D eigenvalue weighted by Crippen LogP contribution is -2.67. The number of hydrogen-bond donors (Lipinski definition) is 1. The van der Waals surface area contributed by atoms with Gasteiger partial charge in [0.05, 0.1) is 17.2 Å². The van der Waals surface area contributed by atoms with Gasteiger partial charge in [-0.1, -0.05) is 33.8 Å². The Labute approximate surface area is 205 Å². The number of aliphatic hydroxyl groups is 1. The van der Waals surface area contributed by atoms with E-state index in [0.29, 0.717) is 24.8 Å². The number of cyclic esters (lactones) is 1. The Balaban J connectivity index is 1.73. The van der Waals surface area contributed by atoms with E-state index in [1.165, 1.54) is 25.5 Å². The van der Waals surface area contributed by atoms with E-state index in [-0.39, 0.29) is 23.0 Å². The quantitative estimate of drug-likeness (QED) is 0.621. The van der Waals surface area contributed by atoms with E-state index in [9.17, 15) is 19.5 Å². The standard InChI is InChI=1S/C28H34O7/c1-16(29)34-22-13-19-24(2,3)21(30)8-10-25(19,4)18-7-11-26(5)20(27(18,22)6)14-23(31)35-28(26,32)17-9-12-33-15-17/h8-10,12,14-15,18-19,22,32H,7,11,13H2,1-6H3/t18-,19+,22-,25-,26+,27-,28+/m1/s1. The van der Waals surface area contributed by atoms with E-state index >= 15 is 0 Å². The summed E-state index contributed by atoms with van der Waals surface area (Å²) in [4.78, 5) is 38.2. The van der Waals surface area contributed by atoms with Gasteiger partial charge in [-0.3, -0.25) is 9.59 Å². The Morgan fingerprint density at radius 3 is 2.49 bits per heavy atom. The van der Waals surface area contributed by atoms with Crippen molar-refractivity contribution in [3.63, 3.8) is 0 Å². The van der Waals surface area contributed by atoms with E-state index in [2.05, 4.69) is 6.92 Å². The van der Waals surface area contributed by atoms with Crippen LogP contribution in [0.4, 0.5) is 0 Å². The molecular weight excluding hydrogens is 448 g/mol. The van der Waals surface area contributed by atoms with Crippen molar-refractivity contribution in [2.45, 2.75) is 72.7 Å². The van der Waals surface area contributed by atoms with Crippen molar-refractivity contribution in [2.24, 2.45) is 33.5 Å². The third-order valence-electron chi connectivity index (χ3n) is 10.0. The van der Waals surface area contributed by atoms with Crippen molar-refractivity contribution < 1.29 is 33.4 Å². The zero-order valence-corrected chi connectivity index (χ0v) is 21.2. The van der Waals surface area contributed by atoms with Crippen LogP contribution in [0.1, 0.15) is 66.4 Å². The molecule has 0 spiro atoms. The van der Waals surface area contributed by atoms with Crippen LogP contribution in [-0.4, -0.2) is 28.9 Å². The van der Waals surface area contributed by atoms with Gasteiger partial charge in [0, 0.05) is 23.8 Å². The Hall–Kier alpha value is -2.67. The fourth-order valence-electron chi connectivity index (χ4n) is 8.18. The first-order valence-electron chi connectivity index (χ1n) is 12.3. The highest BCUT2D eigenvalue weighted by Gasteiger charge is 2.71. The van der Waals surface area contributed by atoms with Gasteiger partial charge in [0.1, 0.15) is 12.4 Å². The fraction of sp³-hybridized carbons (Fsp3) is 0.607. The molecule has 1 aromatic rings. The van der Waals surface area contributed by atoms with E-state index in [1.54, 1.807) is 12.1 Å². The molecule has 2 fully saturated rings. The number of carbonyl (C=O) groups excluding carboxylic acids is 3. The summed E-state index contributed by atoms with van der Waals surface area (Å²) in [5.41, 5.74) is -1.66. The third kappa shape index (κ3) is 2.90. The molecule has 7 heteroatoms. The molecule has 5 rings (SSSR count). The minimum atomic E-state index is -1.93. The number of ether oxygens (including phenoxy) is 2. The molecule has 2 saturated carbocycles. The third-order valence-corrected chi connectivity index (χ3v) is 10.0. The van der Waals surface area contributed by atoms with Gasteiger partial charge in [-0.05, 0) is 61.2 Å². The normalized spacial score (nSPS) is 43.9. The van der Waals surface area contributed by atoms with Gasteiger partial charge in [0.15, 0.2) is 5.78 Å².